The molecule has 0 aliphatic carbocycles. The molecule has 0 saturated carbocycles. The van der Waals surface area contributed by atoms with Crippen LogP contribution in [-0.4, -0.2) is 36.5 Å². The van der Waals surface area contributed by atoms with Crippen molar-refractivity contribution >= 4 is 33.5 Å². The first-order valence-corrected chi connectivity index (χ1v) is 7.51. The minimum absolute atomic E-state index is 0.0194. The van der Waals surface area contributed by atoms with Gasteiger partial charge in [0.25, 0.3) is 5.56 Å². The minimum Gasteiger partial charge on any atom is -0.385 e. The molecule has 108 valence electrons. The molecule has 1 aromatic heterocycles. The van der Waals surface area contributed by atoms with E-state index in [1.165, 1.54) is 0 Å². The third kappa shape index (κ3) is 4.00. The van der Waals surface area contributed by atoms with Gasteiger partial charge in [-0.15, -0.1) is 0 Å². The number of ether oxygens (including phenoxy) is 2. The van der Waals surface area contributed by atoms with Crippen molar-refractivity contribution in [3.8, 4) is 0 Å². The lowest BCUT2D eigenvalue weighted by molar-refractivity contribution is 0.0972. The summed E-state index contributed by atoms with van der Waals surface area (Å²) in [6, 6.07) is 5.67. The van der Waals surface area contributed by atoms with E-state index < -0.39 is 0 Å². The Labute approximate surface area is 131 Å². The van der Waals surface area contributed by atoms with Crippen molar-refractivity contribution in [1.82, 2.24) is 9.55 Å². The predicted octanol–water partition coefficient (Wildman–Crippen LogP) is 2.05. The Morgan fingerprint density at radius 2 is 2.15 bits per heavy atom. The number of benzene rings is 1. The fraction of sp³-hybridized carbons (Fsp3) is 0.429. The van der Waals surface area contributed by atoms with Gasteiger partial charge in [-0.05, 0) is 47.2 Å². The Hall–Kier alpha value is -0.990. The highest BCUT2D eigenvalue weighted by atomic mass is 127. The zero-order valence-corrected chi connectivity index (χ0v) is 13.5. The normalized spacial score (nSPS) is 11.1. The van der Waals surface area contributed by atoms with Crippen molar-refractivity contribution in [2.24, 2.45) is 0 Å². The molecule has 0 atom stereocenters. The third-order valence-electron chi connectivity index (χ3n) is 2.90. The quantitative estimate of drug-likeness (QED) is 0.538. The van der Waals surface area contributed by atoms with Gasteiger partial charge in [0.2, 0.25) is 0 Å². The molecule has 6 heteroatoms. The summed E-state index contributed by atoms with van der Waals surface area (Å²) >= 11 is 2.19. The van der Waals surface area contributed by atoms with Crippen molar-refractivity contribution in [1.29, 1.82) is 0 Å². The van der Waals surface area contributed by atoms with Gasteiger partial charge in [-0.2, -0.15) is 0 Å². The van der Waals surface area contributed by atoms with Crippen LogP contribution in [0.25, 0.3) is 10.9 Å². The van der Waals surface area contributed by atoms with Crippen molar-refractivity contribution in [3.63, 3.8) is 0 Å². The number of methoxy groups -OCH3 is 1. The molecule has 0 aliphatic rings. The van der Waals surface area contributed by atoms with E-state index in [0.717, 1.165) is 15.5 Å². The smallest absolute Gasteiger partial charge is 0.261 e. The summed E-state index contributed by atoms with van der Waals surface area (Å²) in [6.07, 6.45) is 2.44. The van der Waals surface area contributed by atoms with E-state index in [9.17, 15) is 4.79 Å². The Morgan fingerprint density at radius 3 is 2.95 bits per heavy atom. The zero-order chi connectivity index (χ0) is 14.4. The average molecular weight is 388 g/mol. The molecule has 1 heterocycles. The van der Waals surface area contributed by atoms with E-state index in [2.05, 4.69) is 27.6 Å². The number of rotatable bonds is 7. The molecule has 0 radical (unpaired) electrons. The zero-order valence-electron chi connectivity index (χ0n) is 11.3. The molecular formula is C14H17IN2O3. The Kier molecular flexibility index (Phi) is 5.93. The van der Waals surface area contributed by atoms with Crippen LogP contribution in [0.3, 0.4) is 0 Å². The molecule has 20 heavy (non-hydrogen) atoms. The fourth-order valence-electron chi connectivity index (χ4n) is 1.86. The van der Waals surface area contributed by atoms with Gasteiger partial charge >= 0.3 is 0 Å². The van der Waals surface area contributed by atoms with Gasteiger partial charge in [0, 0.05) is 23.9 Å². The van der Waals surface area contributed by atoms with E-state index >= 15 is 0 Å². The van der Waals surface area contributed by atoms with Crippen molar-refractivity contribution in [3.05, 3.63) is 38.5 Å². The average Bonchev–Trinajstić information content (AvgIpc) is 2.45. The van der Waals surface area contributed by atoms with Gasteiger partial charge < -0.3 is 9.47 Å². The highest BCUT2D eigenvalue weighted by Crippen LogP contribution is 2.11. The first kappa shape index (κ1) is 15.4. The number of nitrogens with zero attached hydrogens (tertiary/aromatic N) is 2. The van der Waals surface area contributed by atoms with Gasteiger partial charge in [0.15, 0.2) is 0 Å². The molecule has 2 rings (SSSR count). The number of halogens is 1. The molecule has 0 amide bonds. The standard InChI is InChI=1S/C14H17IN2O3/c1-19-6-2-7-20-8-5-17-10-16-13-4-3-11(15)9-12(13)14(17)18/h3-4,9-10H,2,5-8H2,1H3. The van der Waals surface area contributed by atoms with Crippen molar-refractivity contribution in [2.75, 3.05) is 26.9 Å². The number of hydrogen-bond acceptors (Lipinski definition) is 4. The molecule has 0 N–H and O–H groups in total. The van der Waals surface area contributed by atoms with Crippen molar-refractivity contribution in [2.45, 2.75) is 13.0 Å². The summed E-state index contributed by atoms with van der Waals surface area (Å²) in [5, 5.41) is 0.652. The van der Waals surface area contributed by atoms with Gasteiger partial charge in [0.05, 0.1) is 30.4 Å². The van der Waals surface area contributed by atoms with E-state index in [1.54, 1.807) is 18.0 Å². The van der Waals surface area contributed by atoms with Gasteiger partial charge in [-0.25, -0.2) is 4.98 Å². The fourth-order valence-corrected chi connectivity index (χ4v) is 2.35. The summed E-state index contributed by atoms with van der Waals surface area (Å²) in [5.41, 5.74) is 0.710. The molecule has 0 fully saturated rings. The van der Waals surface area contributed by atoms with Crippen LogP contribution in [-0.2, 0) is 16.0 Å². The lowest BCUT2D eigenvalue weighted by Gasteiger charge is -2.07. The summed E-state index contributed by atoms with van der Waals surface area (Å²) < 4.78 is 13.0. The second-order valence-electron chi connectivity index (χ2n) is 4.36. The van der Waals surface area contributed by atoms with Crippen LogP contribution in [0.5, 0.6) is 0 Å². The SMILES string of the molecule is COCCCOCCn1cnc2ccc(I)cc2c1=O. The van der Waals surface area contributed by atoms with Gasteiger partial charge in [0.1, 0.15) is 0 Å². The third-order valence-corrected chi connectivity index (χ3v) is 3.57. The summed E-state index contributed by atoms with van der Waals surface area (Å²) in [5.74, 6) is 0. The molecule has 0 aliphatic heterocycles. The van der Waals surface area contributed by atoms with E-state index in [1.807, 2.05) is 18.2 Å². The monoisotopic (exact) mass is 388 g/mol. The number of hydrogen-bond donors (Lipinski definition) is 0. The molecule has 0 saturated heterocycles. The number of aromatic nitrogens is 2. The van der Waals surface area contributed by atoms with Gasteiger partial charge in [-0.3, -0.25) is 9.36 Å². The molecule has 1 aromatic carbocycles. The molecule has 5 nitrogen and oxygen atoms in total. The maximum absolute atomic E-state index is 12.3. The van der Waals surface area contributed by atoms with Crippen LogP contribution in [0.4, 0.5) is 0 Å². The van der Waals surface area contributed by atoms with Crippen LogP contribution >= 0.6 is 22.6 Å². The van der Waals surface area contributed by atoms with Crippen LogP contribution in [0.2, 0.25) is 0 Å². The van der Waals surface area contributed by atoms with E-state index in [-0.39, 0.29) is 5.56 Å². The first-order chi connectivity index (χ1) is 9.72. The van der Waals surface area contributed by atoms with E-state index in [4.69, 9.17) is 9.47 Å². The summed E-state index contributed by atoms with van der Waals surface area (Å²) in [6.45, 7) is 2.35. The molecule has 2 aromatic rings. The van der Waals surface area contributed by atoms with Crippen LogP contribution in [0, 0.1) is 3.57 Å². The highest BCUT2D eigenvalue weighted by molar-refractivity contribution is 14.1. The first-order valence-electron chi connectivity index (χ1n) is 6.44. The lowest BCUT2D eigenvalue weighted by Crippen LogP contribution is -2.23. The topological polar surface area (TPSA) is 53.4 Å². The molecule has 0 spiro atoms. The minimum atomic E-state index is -0.0194. The Balaban J connectivity index is 2.00. The Morgan fingerprint density at radius 1 is 1.30 bits per heavy atom. The summed E-state index contributed by atoms with van der Waals surface area (Å²) in [7, 11) is 1.67. The maximum atomic E-state index is 12.3. The molecule has 0 unspecified atom stereocenters. The van der Waals surface area contributed by atoms with Gasteiger partial charge in [-0.1, -0.05) is 0 Å². The second kappa shape index (κ2) is 7.70. The molecular weight excluding hydrogens is 371 g/mol. The van der Waals surface area contributed by atoms with Crippen LogP contribution in [0.1, 0.15) is 6.42 Å². The van der Waals surface area contributed by atoms with Crippen LogP contribution in [0.15, 0.2) is 29.3 Å². The second-order valence-corrected chi connectivity index (χ2v) is 5.61. The Bertz CT molecular complexity index is 627. The predicted molar refractivity (Wildman–Crippen MR) is 86.0 cm³/mol. The van der Waals surface area contributed by atoms with E-state index in [0.29, 0.717) is 31.8 Å². The van der Waals surface area contributed by atoms with Crippen LogP contribution < -0.4 is 5.56 Å². The lowest BCUT2D eigenvalue weighted by atomic mass is 10.2. The van der Waals surface area contributed by atoms with Crippen molar-refractivity contribution < 1.29 is 9.47 Å². The maximum Gasteiger partial charge on any atom is 0.261 e. The molecule has 0 bridgehead atoms. The highest BCUT2D eigenvalue weighted by Gasteiger charge is 2.04. The summed E-state index contributed by atoms with van der Waals surface area (Å²) in [4.78, 5) is 16.6. The largest absolute Gasteiger partial charge is 0.385 e. The number of fused-ring (bicyclic) bond motifs is 1.